The van der Waals surface area contributed by atoms with Crippen LogP contribution in [-0.2, 0) is 6.54 Å². The Balaban J connectivity index is 1.71. The van der Waals surface area contributed by atoms with Gasteiger partial charge in [-0.15, -0.1) is 0 Å². The third-order valence-corrected chi connectivity index (χ3v) is 5.36. The van der Waals surface area contributed by atoms with Crippen LogP contribution in [0.2, 0.25) is 0 Å². The monoisotopic (exact) mass is 363 g/mol. The summed E-state index contributed by atoms with van der Waals surface area (Å²) in [7, 11) is 0. The average Bonchev–Trinajstić information content (AvgIpc) is 2.68. The van der Waals surface area contributed by atoms with Crippen LogP contribution in [0.1, 0.15) is 18.4 Å². The summed E-state index contributed by atoms with van der Waals surface area (Å²) in [6.07, 6.45) is 7.05. The first-order valence-corrected chi connectivity index (χ1v) is 9.50. The molecule has 6 heteroatoms. The van der Waals surface area contributed by atoms with Gasteiger partial charge in [0.05, 0.1) is 17.2 Å². The van der Waals surface area contributed by atoms with Crippen molar-refractivity contribution in [3.63, 3.8) is 0 Å². The minimum atomic E-state index is -0.0533. The van der Waals surface area contributed by atoms with Crippen molar-refractivity contribution in [2.75, 3.05) is 19.6 Å². The van der Waals surface area contributed by atoms with Crippen molar-refractivity contribution < 1.29 is 0 Å². The molecular formula is C21H25N5O. The maximum absolute atomic E-state index is 12.6. The zero-order chi connectivity index (χ0) is 18.8. The minimum Gasteiger partial charge on any atom is -0.328 e. The molecule has 0 amide bonds. The summed E-state index contributed by atoms with van der Waals surface area (Å²) < 4.78 is 1.86. The third kappa shape index (κ3) is 3.77. The topological polar surface area (TPSA) is 77.0 Å². The summed E-state index contributed by atoms with van der Waals surface area (Å²) in [5.41, 5.74) is 10.9. The lowest BCUT2D eigenvalue weighted by Crippen LogP contribution is -2.41. The summed E-state index contributed by atoms with van der Waals surface area (Å²) in [5.74, 6) is 0. The molecule has 1 saturated heterocycles. The van der Waals surface area contributed by atoms with Gasteiger partial charge in [0.15, 0.2) is 0 Å². The van der Waals surface area contributed by atoms with Gasteiger partial charge in [-0.1, -0.05) is 0 Å². The highest BCUT2D eigenvalue weighted by molar-refractivity contribution is 5.92. The molecule has 0 aliphatic carbocycles. The van der Waals surface area contributed by atoms with E-state index in [0.717, 1.165) is 60.2 Å². The van der Waals surface area contributed by atoms with E-state index in [9.17, 15) is 4.79 Å². The lowest BCUT2D eigenvalue weighted by atomic mass is 10.0. The van der Waals surface area contributed by atoms with Gasteiger partial charge in [-0.05, 0) is 68.2 Å². The number of nitrogens with two attached hydrogens (primary N) is 1. The van der Waals surface area contributed by atoms with Crippen LogP contribution in [0.3, 0.4) is 0 Å². The number of hydrogen-bond donors (Lipinski definition) is 1. The van der Waals surface area contributed by atoms with E-state index < -0.39 is 0 Å². The molecule has 27 heavy (non-hydrogen) atoms. The standard InChI is InChI=1S/C21H25N5O/c1-15-12-18(16-2-6-23-7-3-16)21-19(13-15)26(20(27)14-24-21)11-10-25-8-4-17(22)5-9-25/h2-3,6-7,12-14,17H,4-5,8-11,22H2,1H3. The van der Waals surface area contributed by atoms with Gasteiger partial charge in [0.1, 0.15) is 0 Å². The summed E-state index contributed by atoms with van der Waals surface area (Å²) in [6, 6.07) is 8.44. The van der Waals surface area contributed by atoms with E-state index >= 15 is 0 Å². The fraction of sp³-hybridized carbons (Fsp3) is 0.381. The van der Waals surface area contributed by atoms with E-state index in [4.69, 9.17) is 5.73 Å². The van der Waals surface area contributed by atoms with Gasteiger partial charge in [-0.3, -0.25) is 9.78 Å². The van der Waals surface area contributed by atoms with Crippen LogP contribution >= 0.6 is 0 Å². The SMILES string of the molecule is Cc1cc(-c2ccncc2)c2ncc(=O)n(CCN3CCC(N)CC3)c2c1. The van der Waals surface area contributed by atoms with E-state index in [1.165, 1.54) is 6.20 Å². The van der Waals surface area contributed by atoms with Crippen molar-refractivity contribution in [2.24, 2.45) is 5.73 Å². The third-order valence-electron chi connectivity index (χ3n) is 5.36. The quantitative estimate of drug-likeness (QED) is 0.769. The summed E-state index contributed by atoms with van der Waals surface area (Å²) >= 11 is 0. The van der Waals surface area contributed by atoms with Crippen LogP contribution in [0.5, 0.6) is 0 Å². The summed E-state index contributed by atoms with van der Waals surface area (Å²) in [4.78, 5) is 23.5. The number of pyridine rings is 1. The molecule has 2 N–H and O–H groups in total. The molecule has 3 heterocycles. The van der Waals surface area contributed by atoms with Crippen molar-refractivity contribution in [2.45, 2.75) is 32.4 Å². The van der Waals surface area contributed by atoms with Gasteiger partial charge >= 0.3 is 0 Å². The van der Waals surface area contributed by atoms with E-state index in [-0.39, 0.29) is 5.56 Å². The summed E-state index contributed by atoms with van der Waals surface area (Å²) in [5, 5.41) is 0. The first-order valence-electron chi connectivity index (χ1n) is 9.50. The van der Waals surface area contributed by atoms with Crippen molar-refractivity contribution in [1.29, 1.82) is 0 Å². The molecule has 1 aliphatic heterocycles. The molecule has 0 bridgehead atoms. The smallest absolute Gasteiger partial charge is 0.269 e. The van der Waals surface area contributed by atoms with Crippen molar-refractivity contribution in [3.05, 3.63) is 58.8 Å². The second kappa shape index (κ2) is 7.58. The Kier molecular flexibility index (Phi) is 5.01. The summed E-state index contributed by atoms with van der Waals surface area (Å²) in [6.45, 7) is 5.56. The maximum atomic E-state index is 12.6. The minimum absolute atomic E-state index is 0.0533. The number of aromatic nitrogens is 3. The number of piperidine rings is 1. The predicted octanol–water partition coefficient (Wildman–Crippen LogP) is 2.19. The average molecular weight is 363 g/mol. The van der Waals surface area contributed by atoms with Gasteiger partial charge in [-0.2, -0.15) is 0 Å². The first kappa shape index (κ1) is 17.8. The fourth-order valence-corrected chi connectivity index (χ4v) is 3.81. The molecule has 4 rings (SSSR count). The Labute approximate surface area is 158 Å². The van der Waals surface area contributed by atoms with Crippen molar-refractivity contribution in [1.82, 2.24) is 19.4 Å². The Morgan fingerprint density at radius 3 is 2.63 bits per heavy atom. The van der Waals surface area contributed by atoms with Gasteiger partial charge in [0.2, 0.25) is 0 Å². The van der Waals surface area contributed by atoms with Crippen LogP contribution in [0.25, 0.3) is 22.2 Å². The van der Waals surface area contributed by atoms with E-state index in [1.807, 2.05) is 16.7 Å². The Morgan fingerprint density at radius 2 is 1.89 bits per heavy atom. The number of aryl methyl sites for hydroxylation is 1. The number of hydrogen-bond acceptors (Lipinski definition) is 5. The molecular weight excluding hydrogens is 338 g/mol. The molecule has 3 aromatic rings. The largest absolute Gasteiger partial charge is 0.328 e. The molecule has 0 saturated carbocycles. The molecule has 0 atom stereocenters. The highest BCUT2D eigenvalue weighted by atomic mass is 16.1. The molecule has 0 unspecified atom stereocenters. The van der Waals surface area contributed by atoms with Crippen molar-refractivity contribution in [3.8, 4) is 11.1 Å². The Hall–Kier alpha value is -2.57. The predicted molar refractivity (Wildman–Crippen MR) is 108 cm³/mol. The van der Waals surface area contributed by atoms with Gasteiger partial charge in [-0.25, -0.2) is 4.98 Å². The molecule has 2 aromatic heterocycles. The number of benzene rings is 1. The van der Waals surface area contributed by atoms with Crippen molar-refractivity contribution >= 4 is 11.0 Å². The molecule has 0 spiro atoms. The van der Waals surface area contributed by atoms with Gasteiger partial charge < -0.3 is 15.2 Å². The zero-order valence-corrected chi connectivity index (χ0v) is 15.6. The molecule has 6 nitrogen and oxygen atoms in total. The van der Waals surface area contributed by atoms with Crippen LogP contribution in [0.15, 0.2) is 47.7 Å². The first-order chi connectivity index (χ1) is 13.1. The maximum Gasteiger partial charge on any atom is 0.269 e. The second-order valence-electron chi connectivity index (χ2n) is 7.34. The second-order valence-corrected chi connectivity index (χ2v) is 7.34. The van der Waals surface area contributed by atoms with E-state index in [1.54, 1.807) is 12.4 Å². The molecule has 0 radical (unpaired) electrons. The number of likely N-dealkylation sites (tertiary alicyclic amines) is 1. The van der Waals surface area contributed by atoms with E-state index in [0.29, 0.717) is 12.6 Å². The Morgan fingerprint density at radius 1 is 1.15 bits per heavy atom. The number of rotatable bonds is 4. The molecule has 1 fully saturated rings. The van der Waals surface area contributed by atoms with Crippen LogP contribution in [-0.4, -0.2) is 45.1 Å². The Bertz CT molecular complexity index is 991. The molecule has 140 valence electrons. The number of nitrogens with zero attached hydrogens (tertiary/aromatic N) is 4. The van der Waals surface area contributed by atoms with Crippen LogP contribution < -0.4 is 11.3 Å². The molecule has 1 aromatic carbocycles. The normalized spacial score (nSPS) is 16.1. The highest BCUT2D eigenvalue weighted by Crippen LogP contribution is 2.27. The zero-order valence-electron chi connectivity index (χ0n) is 15.6. The lowest BCUT2D eigenvalue weighted by Gasteiger charge is -2.30. The molecule has 1 aliphatic rings. The van der Waals surface area contributed by atoms with Gasteiger partial charge in [0, 0.05) is 37.1 Å². The van der Waals surface area contributed by atoms with Gasteiger partial charge in [0.25, 0.3) is 5.56 Å². The van der Waals surface area contributed by atoms with E-state index in [2.05, 4.69) is 33.9 Å². The lowest BCUT2D eigenvalue weighted by molar-refractivity contribution is 0.206. The number of fused-ring (bicyclic) bond motifs is 1. The highest BCUT2D eigenvalue weighted by Gasteiger charge is 2.17. The van der Waals surface area contributed by atoms with Crippen LogP contribution in [0, 0.1) is 6.92 Å². The van der Waals surface area contributed by atoms with Crippen LogP contribution in [0.4, 0.5) is 0 Å². The fourth-order valence-electron chi connectivity index (χ4n) is 3.81.